The molecular formula is C25H28N2O2. The predicted octanol–water partition coefficient (Wildman–Crippen LogP) is 4.15. The number of aromatic nitrogens is 1. The van der Waals surface area contributed by atoms with Crippen LogP contribution in [0.2, 0.25) is 0 Å². The van der Waals surface area contributed by atoms with Crippen molar-refractivity contribution in [3.8, 4) is 11.3 Å². The highest BCUT2D eigenvalue weighted by Gasteiger charge is 2.29. The minimum absolute atomic E-state index is 0.0747. The molecule has 0 radical (unpaired) electrons. The van der Waals surface area contributed by atoms with Crippen molar-refractivity contribution in [2.75, 3.05) is 13.1 Å². The van der Waals surface area contributed by atoms with Crippen molar-refractivity contribution < 1.29 is 9.90 Å². The number of aliphatic hydroxyl groups excluding tert-OH is 1. The van der Waals surface area contributed by atoms with Crippen LogP contribution >= 0.6 is 0 Å². The van der Waals surface area contributed by atoms with Crippen LogP contribution in [0.25, 0.3) is 11.3 Å². The van der Waals surface area contributed by atoms with E-state index >= 15 is 0 Å². The van der Waals surface area contributed by atoms with E-state index in [4.69, 9.17) is 0 Å². The molecule has 4 rings (SSSR count). The van der Waals surface area contributed by atoms with Gasteiger partial charge < -0.3 is 14.6 Å². The summed E-state index contributed by atoms with van der Waals surface area (Å²) in [7, 11) is 1.95. The standard InChI is InChI=1S/C25H28N2O2/c1-26-22(20-10-6-3-7-11-20)12-13-23(26)25(29)27-16-14-21(15-17-27)24(28)18-19-8-4-2-5-9-19/h2-13,21,24,28H,14-18H2,1H3/t24-/m1/s1. The highest BCUT2D eigenvalue weighted by Crippen LogP contribution is 2.26. The number of hydrogen-bond donors (Lipinski definition) is 1. The summed E-state index contributed by atoms with van der Waals surface area (Å²) >= 11 is 0. The topological polar surface area (TPSA) is 45.5 Å². The molecule has 0 aliphatic carbocycles. The van der Waals surface area contributed by atoms with E-state index in [2.05, 4.69) is 24.3 Å². The summed E-state index contributed by atoms with van der Waals surface area (Å²) in [5, 5.41) is 10.6. The lowest BCUT2D eigenvalue weighted by atomic mass is 9.88. The average molecular weight is 389 g/mol. The monoisotopic (exact) mass is 388 g/mol. The molecule has 1 saturated heterocycles. The Morgan fingerprint density at radius 3 is 2.24 bits per heavy atom. The molecular weight excluding hydrogens is 360 g/mol. The molecule has 0 spiro atoms. The second kappa shape index (κ2) is 8.66. The Bertz CT molecular complexity index is 941. The number of nitrogens with zero attached hydrogens (tertiary/aromatic N) is 2. The number of piperidine rings is 1. The maximum absolute atomic E-state index is 13.1. The zero-order valence-corrected chi connectivity index (χ0v) is 16.9. The molecule has 2 aromatic carbocycles. The van der Waals surface area contributed by atoms with Gasteiger partial charge in [-0.3, -0.25) is 4.79 Å². The van der Waals surface area contributed by atoms with Gasteiger partial charge in [-0.25, -0.2) is 0 Å². The first-order valence-corrected chi connectivity index (χ1v) is 10.4. The van der Waals surface area contributed by atoms with E-state index in [1.54, 1.807) is 0 Å². The quantitative estimate of drug-likeness (QED) is 0.714. The van der Waals surface area contributed by atoms with Crippen molar-refractivity contribution in [2.45, 2.75) is 25.4 Å². The fourth-order valence-corrected chi connectivity index (χ4v) is 4.30. The number of benzene rings is 2. The Kier molecular flexibility index (Phi) is 5.81. The highest BCUT2D eigenvalue weighted by molar-refractivity contribution is 5.94. The first kappa shape index (κ1) is 19.5. The van der Waals surface area contributed by atoms with Gasteiger partial charge in [0.25, 0.3) is 5.91 Å². The van der Waals surface area contributed by atoms with Crippen LogP contribution < -0.4 is 0 Å². The molecule has 0 saturated carbocycles. The minimum atomic E-state index is -0.352. The summed E-state index contributed by atoms with van der Waals surface area (Å²) in [5.74, 6) is 0.318. The molecule has 1 aliphatic heterocycles. The average Bonchev–Trinajstić information content (AvgIpc) is 3.16. The lowest BCUT2D eigenvalue weighted by molar-refractivity contribution is 0.0461. The Hall–Kier alpha value is -2.85. The molecule has 0 bridgehead atoms. The van der Waals surface area contributed by atoms with Crippen LogP contribution in [-0.2, 0) is 13.5 Å². The minimum Gasteiger partial charge on any atom is -0.392 e. The molecule has 1 aliphatic rings. The number of carbonyl (C=O) groups is 1. The number of hydrogen-bond acceptors (Lipinski definition) is 2. The highest BCUT2D eigenvalue weighted by atomic mass is 16.3. The summed E-state index contributed by atoms with van der Waals surface area (Å²) in [6.45, 7) is 1.39. The number of amides is 1. The Balaban J connectivity index is 1.38. The number of rotatable bonds is 5. The van der Waals surface area contributed by atoms with E-state index in [0.29, 0.717) is 25.2 Å². The molecule has 1 aromatic heterocycles. The predicted molar refractivity (Wildman–Crippen MR) is 116 cm³/mol. The number of aliphatic hydroxyl groups is 1. The molecule has 4 heteroatoms. The molecule has 3 aromatic rings. The fraction of sp³-hybridized carbons (Fsp3) is 0.320. The summed E-state index contributed by atoms with van der Waals surface area (Å²) in [4.78, 5) is 15.0. The van der Waals surface area contributed by atoms with Crippen LogP contribution in [0.4, 0.5) is 0 Å². The SMILES string of the molecule is Cn1c(C(=O)N2CCC([C@H](O)Cc3ccccc3)CC2)ccc1-c1ccccc1. The van der Waals surface area contributed by atoms with Crippen molar-refractivity contribution >= 4 is 5.91 Å². The first-order chi connectivity index (χ1) is 14.1. The second-order valence-electron chi connectivity index (χ2n) is 7.92. The Morgan fingerprint density at radius 1 is 0.966 bits per heavy atom. The van der Waals surface area contributed by atoms with E-state index in [1.807, 2.05) is 65.0 Å². The van der Waals surface area contributed by atoms with Gasteiger partial charge in [-0.05, 0) is 48.4 Å². The van der Waals surface area contributed by atoms with Gasteiger partial charge in [0.2, 0.25) is 0 Å². The van der Waals surface area contributed by atoms with Gasteiger partial charge in [0.1, 0.15) is 5.69 Å². The third-order valence-corrected chi connectivity index (χ3v) is 6.07. The molecule has 1 N–H and O–H groups in total. The van der Waals surface area contributed by atoms with Crippen LogP contribution in [-0.4, -0.2) is 39.7 Å². The van der Waals surface area contributed by atoms with Crippen molar-refractivity contribution in [2.24, 2.45) is 13.0 Å². The second-order valence-corrected chi connectivity index (χ2v) is 7.92. The largest absolute Gasteiger partial charge is 0.392 e. The number of likely N-dealkylation sites (tertiary alicyclic amines) is 1. The first-order valence-electron chi connectivity index (χ1n) is 10.4. The molecule has 1 atom stereocenters. The lowest BCUT2D eigenvalue weighted by Gasteiger charge is -2.34. The molecule has 1 fully saturated rings. The van der Waals surface area contributed by atoms with Crippen LogP contribution in [0.1, 0.15) is 28.9 Å². The lowest BCUT2D eigenvalue weighted by Crippen LogP contribution is -2.42. The normalized spacial score (nSPS) is 16.0. The van der Waals surface area contributed by atoms with Crippen LogP contribution in [0, 0.1) is 5.92 Å². The van der Waals surface area contributed by atoms with E-state index in [0.717, 1.165) is 29.7 Å². The summed E-state index contributed by atoms with van der Waals surface area (Å²) < 4.78 is 1.98. The third kappa shape index (κ3) is 4.28. The van der Waals surface area contributed by atoms with Crippen molar-refractivity contribution in [1.29, 1.82) is 0 Å². The van der Waals surface area contributed by atoms with Gasteiger partial charge in [0.05, 0.1) is 6.10 Å². The molecule has 29 heavy (non-hydrogen) atoms. The van der Waals surface area contributed by atoms with E-state index in [-0.39, 0.29) is 17.9 Å². The molecule has 2 heterocycles. The van der Waals surface area contributed by atoms with Gasteiger partial charge in [0, 0.05) is 25.8 Å². The summed E-state index contributed by atoms with van der Waals surface area (Å²) in [6, 6.07) is 24.2. The van der Waals surface area contributed by atoms with Crippen LogP contribution in [0.5, 0.6) is 0 Å². The maximum atomic E-state index is 13.1. The molecule has 1 amide bonds. The van der Waals surface area contributed by atoms with Crippen molar-refractivity contribution in [3.05, 3.63) is 84.1 Å². The third-order valence-electron chi connectivity index (χ3n) is 6.07. The molecule has 150 valence electrons. The molecule has 4 nitrogen and oxygen atoms in total. The van der Waals surface area contributed by atoms with E-state index < -0.39 is 0 Å². The summed E-state index contributed by atoms with van der Waals surface area (Å²) in [6.07, 6.45) is 2.01. The van der Waals surface area contributed by atoms with Crippen molar-refractivity contribution in [1.82, 2.24) is 9.47 Å². The zero-order chi connectivity index (χ0) is 20.2. The van der Waals surface area contributed by atoms with Gasteiger partial charge in [-0.15, -0.1) is 0 Å². The van der Waals surface area contributed by atoms with Crippen LogP contribution in [0.15, 0.2) is 72.8 Å². The van der Waals surface area contributed by atoms with Gasteiger partial charge in [-0.1, -0.05) is 60.7 Å². The molecule has 0 unspecified atom stereocenters. The van der Waals surface area contributed by atoms with Gasteiger partial charge in [-0.2, -0.15) is 0 Å². The number of carbonyl (C=O) groups excluding carboxylic acids is 1. The Labute approximate surface area is 172 Å². The van der Waals surface area contributed by atoms with E-state index in [9.17, 15) is 9.90 Å². The summed E-state index contributed by atoms with van der Waals surface area (Å²) in [5.41, 5.74) is 4.03. The zero-order valence-electron chi connectivity index (χ0n) is 16.9. The fourth-order valence-electron chi connectivity index (χ4n) is 4.30. The van der Waals surface area contributed by atoms with E-state index in [1.165, 1.54) is 0 Å². The van der Waals surface area contributed by atoms with Crippen LogP contribution in [0.3, 0.4) is 0 Å². The maximum Gasteiger partial charge on any atom is 0.270 e. The van der Waals surface area contributed by atoms with Gasteiger partial charge in [0.15, 0.2) is 0 Å². The smallest absolute Gasteiger partial charge is 0.270 e. The van der Waals surface area contributed by atoms with Gasteiger partial charge >= 0.3 is 0 Å². The van der Waals surface area contributed by atoms with Crippen molar-refractivity contribution in [3.63, 3.8) is 0 Å². The Morgan fingerprint density at radius 2 is 1.59 bits per heavy atom.